The number of phenols is 1. The zero-order valence-corrected chi connectivity index (χ0v) is 20.4. The van der Waals surface area contributed by atoms with E-state index in [0.29, 0.717) is 13.0 Å². The molecular formula is C25H26F3N3O7. The first-order valence-corrected chi connectivity index (χ1v) is 12.0. The molecule has 38 heavy (non-hydrogen) atoms. The fourth-order valence-corrected chi connectivity index (χ4v) is 6.51. The summed E-state index contributed by atoms with van der Waals surface area (Å²) in [7, 11) is 2.87. The molecule has 1 aliphatic heterocycles. The van der Waals surface area contributed by atoms with E-state index < -0.39 is 105 Å². The van der Waals surface area contributed by atoms with Crippen LogP contribution in [0.15, 0.2) is 23.0 Å². The zero-order valence-electron chi connectivity index (χ0n) is 20.4. The lowest BCUT2D eigenvalue weighted by Gasteiger charge is -2.50. The van der Waals surface area contributed by atoms with Gasteiger partial charge in [0.25, 0.3) is 5.91 Å². The van der Waals surface area contributed by atoms with Gasteiger partial charge >= 0.3 is 6.18 Å². The van der Waals surface area contributed by atoms with Crippen LogP contribution in [0.25, 0.3) is 5.76 Å². The molecule has 1 saturated heterocycles. The molecule has 0 spiro atoms. The highest BCUT2D eigenvalue weighted by Crippen LogP contribution is 2.55. The summed E-state index contributed by atoms with van der Waals surface area (Å²) in [6, 6.07) is -1.07. The smallest absolute Gasteiger partial charge is 0.417 e. The van der Waals surface area contributed by atoms with Gasteiger partial charge in [-0.15, -0.1) is 0 Å². The number of hydrogen-bond acceptors (Lipinski definition) is 9. The molecule has 0 aromatic heterocycles. The standard InChI is InChI=1S/C25H26F3N3O7/c1-31(2)18-11-6-8-5-10-15(13(32)7-9(12-3-4-30-12)17(10)25(26,27)28)19(33)14(8)21(35)24(11,38)22(36)16(20(18)34)23(29)37/h7-8,11-12,18,30,32-33,36,38H,3-6H2,1-2H3,(H2,29,37)/t8-,11-,12?,18-,24-/m0/s1. The number of primary amides is 1. The van der Waals surface area contributed by atoms with Crippen molar-refractivity contribution >= 4 is 23.2 Å². The number of aromatic hydroxyl groups is 1. The molecule has 1 heterocycles. The summed E-state index contributed by atoms with van der Waals surface area (Å²) >= 11 is 0. The van der Waals surface area contributed by atoms with Crippen molar-refractivity contribution in [1.29, 1.82) is 0 Å². The number of nitrogens with two attached hydrogens (primary N) is 1. The summed E-state index contributed by atoms with van der Waals surface area (Å²) in [5.74, 6) is -8.97. The molecule has 5 atom stereocenters. The number of rotatable bonds is 3. The van der Waals surface area contributed by atoms with Gasteiger partial charge in [0.15, 0.2) is 11.4 Å². The van der Waals surface area contributed by atoms with Crippen molar-refractivity contribution in [1.82, 2.24) is 10.2 Å². The molecule has 204 valence electrons. The van der Waals surface area contributed by atoms with Gasteiger partial charge in [0.2, 0.25) is 5.78 Å². The zero-order chi connectivity index (χ0) is 28.1. The molecule has 10 nitrogen and oxygen atoms in total. The summed E-state index contributed by atoms with van der Waals surface area (Å²) in [6.07, 6.45) is -5.18. The van der Waals surface area contributed by atoms with Gasteiger partial charge in [0.05, 0.1) is 17.2 Å². The Morgan fingerprint density at radius 1 is 1.21 bits per heavy atom. The van der Waals surface area contributed by atoms with Crippen LogP contribution >= 0.6 is 0 Å². The monoisotopic (exact) mass is 537 g/mol. The first kappa shape index (κ1) is 26.2. The summed E-state index contributed by atoms with van der Waals surface area (Å²) in [5.41, 5.74) is -1.25. The maximum absolute atomic E-state index is 14.4. The minimum atomic E-state index is -4.86. The molecule has 13 heteroatoms. The van der Waals surface area contributed by atoms with Crippen molar-refractivity contribution in [2.75, 3.05) is 20.6 Å². The fourth-order valence-electron chi connectivity index (χ4n) is 6.51. The van der Waals surface area contributed by atoms with Crippen molar-refractivity contribution in [3.05, 3.63) is 45.2 Å². The molecule has 1 aromatic carbocycles. The van der Waals surface area contributed by atoms with E-state index in [4.69, 9.17) is 5.73 Å². The lowest BCUT2D eigenvalue weighted by Crippen LogP contribution is -2.65. The molecule has 1 amide bonds. The topological polar surface area (TPSA) is 173 Å². The molecule has 0 bridgehead atoms. The van der Waals surface area contributed by atoms with Gasteiger partial charge in [0, 0.05) is 17.5 Å². The van der Waals surface area contributed by atoms with Gasteiger partial charge in [-0.05, 0) is 63.0 Å². The second kappa shape index (κ2) is 8.29. The van der Waals surface area contributed by atoms with E-state index in [0.717, 1.165) is 6.07 Å². The predicted molar refractivity (Wildman–Crippen MR) is 125 cm³/mol. The first-order valence-electron chi connectivity index (χ1n) is 12.0. The van der Waals surface area contributed by atoms with Crippen molar-refractivity contribution in [2.24, 2.45) is 17.6 Å². The number of ketones is 2. The van der Waals surface area contributed by atoms with E-state index in [1.807, 2.05) is 0 Å². The Bertz CT molecular complexity index is 1360. The van der Waals surface area contributed by atoms with E-state index >= 15 is 0 Å². The molecular weight excluding hydrogens is 511 g/mol. The first-order chi connectivity index (χ1) is 17.6. The minimum absolute atomic E-state index is 0.180. The number of carbonyl (C=O) groups excluding carboxylic acids is 3. The summed E-state index contributed by atoms with van der Waals surface area (Å²) in [5, 5.41) is 47.1. The molecule has 3 aliphatic carbocycles. The Kier molecular flexibility index (Phi) is 5.71. The van der Waals surface area contributed by atoms with E-state index in [1.54, 1.807) is 0 Å². The molecule has 7 N–H and O–H groups in total. The van der Waals surface area contributed by atoms with Crippen molar-refractivity contribution in [3.8, 4) is 5.75 Å². The highest BCUT2D eigenvalue weighted by molar-refractivity contribution is 6.24. The second-order valence-electron chi connectivity index (χ2n) is 10.5. The average Bonchev–Trinajstić information content (AvgIpc) is 2.73. The molecule has 4 aliphatic rings. The Balaban J connectivity index is 1.76. The molecule has 2 fully saturated rings. The number of hydrogen-bond donors (Lipinski definition) is 6. The van der Waals surface area contributed by atoms with E-state index in [2.05, 4.69) is 5.32 Å². The number of nitrogens with zero attached hydrogens (tertiary/aromatic N) is 1. The van der Waals surface area contributed by atoms with Crippen LogP contribution in [-0.2, 0) is 27.0 Å². The van der Waals surface area contributed by atoms with Crippen LogP contribution in [0.5, 0.6) is 5.75 Å². The van der Waals surface area contributed by atoms with Gasteiger partial charge in [-0.2, -0.15) is 13.2 Å². The number of phenolic OH excluding ortho intramolecular Hbond substituents is 1. The number of nitrogens with one attached hydrogen (secondary N) is 1. The van der Waals surface area contributed by atoms with Gasteiger partial charge in [-0.3, -0.25) is 19.3 Å². The van der Waals surface area contributed by atoms with Crippen LogP contribution in [0.1, 0.15) is 41.1 Å². The lowest BCUT2D eigenvalue weighted by molar-refractivity contribution is -0.153. The van der Waals surface area contributed by atoms with Crippen LogP contribution in [0.2, 0.25) is 0 Å². The number of amides is 1. The number of aliphatic hydroxyl groups excluding tert-OH is 2. The number of fused-ring (bicyclic) bond motifs is 3. The van der Waals surface area contributed by atoms with Gasteiger partial charge in [0.1, 0.15) is 22.8 Å². The number of benzene rings is 1. The van der Waals surface area contributed by atoms with Crippen molar-refractivity contribution < 1.29 is 48.0 Å². The van der Waals surface area contributed by atoms with Gasteiger partial charge in [-0.1, -0.05) is 0 Å². The molecule has 1 unspecified atom stereocenters. The molecule has 5 rings (SSSR count). The lowest BCUT2D eigenvalue weighted by atomic mass is 9.57. The number of carbonyl (C=O) groups is 3. The Morgan fingerprint density at radius 2 is 1.84 bits per heavy atom. The largest absolute Gasteiger partial charge is 0.508 e. The number of likely N-dealkylation sites (N-methyl/N-ethyl adjacent to an activating group) is 1. The molecule has 1 saturated carbocycles. The van der Waals surface area contributed by atoms with Crippen LogP contribution in [0, 0.1) is 11.8 Å². The average molecular weight is 537 g/mol. The third-order valence-electron chi connectivity index (χ3n) is 8.24. The van der Waals surface area contributed by atoms with Crippen LogP contribution in [-0.4, -0.2) is 75.1 Å². The van der Waals surface area contributed by atoms with E-state index in [9.17, 15) is 48.0 Å². The van der Waals surface area contributed by atoms with E-state index in [-0.39, 0.29) is 12.0 Å². The van der Waals surface area contributed by atoms with Crippen LogP contribution < -0.4 is 11.1 Å². The fraction of sp³-hybridized carbons (Fsp3) is 0.480. The Hall–Kier alpha value is -3.42. The minimum Gasteiger partial charge on any atom is -0.508 e. The van der Waals surface area contributed by atoms with Crippen LogP contribution in [0.3, 0.4) is 0 Å². The third kappa shape index (κ3) is 3.34. The maximum atomic E-state index is 14.4. The number of alkyl halides is 3. The summed E-state index contributed by atoms with van der Waals surface area (Å²) in [6.45, 7) is 0.497. The highest BCUT2D eigenvalue weighted by atomic mass is 19.4. The normalized spacial score (nSPS) is 31.1. The maximum Gasteiger partial charge on any atom is 0.417 e. The number of halogens is 3. The quantitative estimate of drug-likeness (QED) is 0.308. The van der Waals surface area contributed by atoms with E-state index in [1.165, 1.54) is 19.0 Å². The van der Waals surface area contributed by atoms with Crippen LogP contribution in [0.4, 0.5) is 13.2 Å². The Morgan fingerprint density at radius 3 is 2.34 bits per heavy atom. The summed E-state index contributed by atoms with van der Waals surface area (Å²) < 4.78 is 43.2. The van der Waals surface area contributed by atoms with Gasteiger partial charge in [-0.25, -0.2) is 0 Å². The number of Topliss-reactive ketones (excluding diaryl/α,β-unsaturated/α-hetero) is 2. The number of aliphatic hydroxyl groups is 3. The SMILES string of the molecule is CN(C)[C@@H]1C(=O)C(C(N)=O)=C(O)[C@@]2(O)C(=O)C3=C(O)c4c(O)cc(C5CCN5)c(C(F)(F)F)c4C[C@H]3C[C@@H]12. The second-order valence-corrected chi connectivity index (χ2v) is 10.5. The molecule has 1 aromatic rings. The van der Waals surface area contributed by atoms with Gasteiger partial charge < -0.3 is 31.5 Å². The third-order valence-corrected chi connectivity index (χ3v) is 8.24. The predicted octanol–water partition coefficient (Wildman–Crippen LogP) is 1.02. The Labute approximate surface area is 214 Å². The van der Waals surface area contributed by atoms with Crippen molar-refractivity contribution in [3.63, 3.8) is 0 Å². The molecule has 0 radical (unpaired) electrons. The summed E-state index contributed by atoms with van der Waals surface area (Å²) in [4.78, 5) is 40.2. The highest BCUT2D eigenvalue weighted by Gasteiger charge is 2.64. The van der Waals surface area contributed by atoms with Crippen molar-refractivity contribution in [2.45, 2.75) is 43.1 Å².